The van der Waals surface area contributed by atoms with Crippen LogP contribution in [0.3, 0.4) is 0 Å². The number of likely N-dealkylation sites (tertiary alicyclic amines) is 1. The normalized spacial score (nSPS) is 14.2. The summed E-state index contributed by atoms with van der Waals surface area (Å²) < 4.78 is 35.7. The van der Waals surface area contributed by atoms with Crippen LogP contribution in [0.1, 0.15) is 84.6 Å². The molecule has 2 amide bonds. The summed E-state index contributed by atoms with van der Waals surface area (Å²) >= 11 is 0. The molecule has 4 N–H and O–H groups in total. The van der Waals surface area contributed by atoms with E-state index < -0.39 is 23.6 Å². The van der Waals surface area contributed by atoms with Gasteiger partial charge >= 0.3 is 0 Å². The number of fused-ring (bicyclic) bond motifs is 1. The predicted molar refractivity (Wildman–Crippen MR) is 246 cm³/mol. The number of pyridine rings is 1. The zero-order chi connectivity index (χ0) is 46.9. The van der Waals surface area contributed by atoms with Gasteiger partial charge in [-0.3, -0.25) is 14.4 Å². The number of halogens is 2. The fourth-order valence-electron chi connectivity index (χ4n) is 7.83. The summed E-state index contributed by atoms with van der Waals surface area (Å²) in [4.78, 5) is 78.9. The average Bonchev–Trinajstić information content (AvgIpc) is 3.31. The second-order valence-corrected chi connectivity index (χ2v) is 16.2. The molecule has 1 unspecified atom stereocenters. The topological polar surface area (TPSA) is 191 Å². The van der Waals surface area contributed by atoms with Crippen LogP contribution in [0.25, 0.3) is 11.3 Å². The number of nitrogens with zero attached hydrogens (tertiary/aromatic N) is 6. The molecule has 0 spiro atoms. The van der Waals surface area contributed by atoms with Crippen LogP contribution in [0.2, 0.25) is 0 Å². The molecule has 18 heteroatoms. The number of carbonyl (C=O) groups excluding carboxylic acids is 5. The van der Waals surface area contributed by atoms with Crippen LogP contribution in [0.15, 0.2) is 54.9 Å². The third kappa shape index (κ3) is 13.3. The Labute approximate surface area is 378 Å². The lowest BCUT2D eigenvalue weighted by molar-refractivity contribution is -0.119. The van der Waals surface area contributed by atoms with Crippen LogP contribution in [0.4, 0.5) is 31.9 Å². The van der Waals surface area contributed by atoms with Gasteiger partial charge < -0.3 is 50.3 Å². The Morgan fingerprint density at radius 2 is 1.75 bits per heavy atom. The van der Waals surface area contributed by atoms with Crippen molar-refractivity contribution in [3.63, 3.8) is 0 Å². The Bertz CT molecular complexity index is 2240. The van der Waals surface area contributed by atoms with E-state index in [9.17, 15) is 24.0 Å². The SMILES string of the molecule is CC(C)N1CCOc2c(F)cc(-c3nc(Nc4ccc(C5CCN(CCCCNC(=O)CNc6cccc(C=O)c6C(=O)N(C)C(C=O)CCC=O)CC5)cn4)ncc3F)cc21.CNC. The third-order valence-corrected chi connectivity index (χ3v) is 11.3. The summed E-state index contributed by atoms with van der Waals surface area (Å²) in [6, 6.07) is 10.7. The molecule has 16 nitrogen and oxygen atoms in total. The third-order valence-electron chi connectivity index (χ3n) is 11.3. The van der Waals surface area contributed by atoms with E-state index >= 15 is 8.78 Å². The molecule has 2 aliphatic heterocycles. The number of hydrogen-bond donors (Lipinski definition) is 4. The molecule has 0 radical (unpaired) electrons. The summed E-state index contributed by atoms with van der Waals surface area (Å²) in [6.07, 6.45) is 8.59. The Balaban J connectivity index is 0.00000257. The molecule has 0 bridgehead atoms. The average molecular weight is 899 g/mol. The lowest BCUT2D eigenvalue weighted by atomic mass is 9.90. The summed E-state index contributed by atoms with van der Waals surface area (Å²) in [6.45, 7) is 8.08. The van der Waals surface area contributed by atoms with E-state index in [0.717, 1.165) is 57.1 Å². The fraction of sp³-hybridized carbons (Fsp3) is 0.447. The lowest BCUT2D eigenvalue weighted by Crippen LogP contribution is -2.39. The highest BCUT2D eigenvalue weighted by molar-refractivity contribution is 6.07. The van der Waals surface area contributed by atoms with E-state index in [2.05, 4.69) is 41.1 Å². The second-order valence-electron chi connectivity index (χ2n) is 16.2. The zero-order valence-corrected chi connectivity index (χ0v) is 37.7. The van der Waals surface area contributed by atoms with Gasteiger partial charge in [0.25, 0.3) is 5.91 Å². The van der Waals surface area contributed by atoms with Crippen LogP contribution in [0.5, 0.6) is 5.75 Å². The van der Waals surface area contributed by atoms with Gasteiger partial charge in [-0.1, -0.05) is 18.2 Å². The highest BCUT2D eigenvalue weighted by atomic mass is 19.1. The molecule has 2 aliphatic rings. The molecular weight excluding hydrogens is 839 g/mol. The van der Waals surface area contributed by atoms with E-state index in [1.165, 1.54) is 24.1 Å². The molecule has 0 saturated carbocycles. The number of benzene rings is 2. The van der Waals surface area contributed by atoms with Crippen LogP contribution in [-0.4, -0.2) is 135 Å². The van der Waals surface area contributed by atoms with Crippen molar-refractivity contribution in [2.75, 3.05) is 82.6 Å². The quantitative estimate of drug-likeness (QED) is 0.0632. The van der Waals surface area contributed by atoms with Gasteiger partial charge in [-0.15, -0.1) is 0 Å². The number of unbranched alkanes of at least 4 members (excludes halogenated alkanes) is 1. The van der Waals surface area contributed by atoms with Crippen LogP contribution in [-0.2, 0) is 14.4 Å². The molecule has 4 heterocycles. The standard InChI is InChI=1S/C45H53F2N9O6.C2H7N/c1-29(2)56-19-21-62-43-35(46)22-33(23-38(43)56)42-36(47)25-51-45(53-42)52-39-12-11-31(24-50-39)30-13-17-55(18-14-30)16-5-4-15-48-40(60)26-49-37-10-6-8-32(27-58)41(37)44(61)54(3)34(28-59)9-7-20-57;1-3-2/h6,8,10-12,20,22-25,27-30,34,49H,4-5,7,9,13-19,21,26H2,1-3H3,(H,48,60)(H,50,51,52,53);3H,1-2H3. The number of piperidine rings is 1. The minimum Gasteiger partial charge on any atom is -0.486 e. The Kier molecular flexibility index (Phi) is 18.8. The van der Waals surface area contributed by atoms with Gasteiger partial charge in [0.15, 0.2) is 23.7 Å². The van der Waals surface area contributed by atoms with Gasteiger partial charge in [0.05, 0.1) is 36.6 Å². The van der Waals surface area contributed by atoms with Gasteiger partial charge in [0, 0.05) is 49.1 Å². The minimum absolute atomic E-state index is 0.0338. The lowest BCUT2D eigenvalue weighted by Gasteiger charge is -2.34. The maximum absolute atomic E-state index is 15.1. The van der Waals surface area contributed by atoms with Crippen molar-refractivity contribution in [2.24, 2.45) is 0 Å². The number of nitrogens with one attached hydrogen (secondary N) is 4. The highest BCUT2D eigenvalue weighted by Gasteiger charge is 2.27. The first-order chi connectivity index (χ1) is 31.4. The monoisotopic (exact) mass is 898 g/mol. The molecule has 65 heavy (non-hydrogen) atoms. The molecule has 2 aromatic carbocycles. The Morgan fingerprint density at radius 3 is 2.43 bits per heavy atom. The van der Waals surface area contributed by atoms with E-state index in [1.807, 2.05) is 51.2 Å². The number of ether oxygens (including phenoxy) is 1. The number of anilines is 4. The molecule has 6 rings (SSSR count). The first-order valence-electron chi connectivity index (χ1n) is 22.0. The molecular formula is C47H60F2N10O6. The van der Waals surface area contributed by atoms with E-state index in [0.29, 0.717) is 56.0 Å². The maximum Gasteiger partial charge on any atom is 0.257 e. The van der Waals surface area contributed by atoms with E-state index in [4.69, 9.17) is 4.74 Å². The van der Waals surface area contributed by atoms with Crippen molar-refractivity contribution in [1.82, 2.24) is 35.4 Å². The second kappa shape index (κ2) is 24.6. The van der Waals surface area contributed by atoms with Crippen LogP contribution in [0, 0.1) is 11.6 Å². The first-order valence-corrected chi connectivity index (χ1v) is 22.0. The molecule has 1 atom stereocenters. The minimum atomic E-state index is -0.840. The van der Waals surface area contributed by atoms with Crippen molar-refractivity contribution in [2.45, 2.75) is 70.4 Å². The summed E-state index contributed by atoms with van der Waals surface area (Å²) in [5, 5.41) is 11.7. The summed E-state index contributed by atoms with van der Waals surface area (Å²) in [7, 11) is 5.19. The van der Waals surface area contributed by atoms with Crippen molar-refractivity contribution in [3.05, 3.63) is 83.2 Å². The van der Waals surface area contributed by atoms with Gasteiger partial charge in [-0.2, -0.15) is 0 Å². The number of carbonyl (C=O) groups is 5. The number of aldehydes is 3. The zero-order valence-electron chi connectivity index (χ0n) is 37.7. The number of aromatic nitrogens is 3. The van der Waals surface area contributed by atoms with Gasteiger partial charge in [0.2, 0.25) is 11.9 Å². The maximum atomic E-state index is 15.1. The number of rotatable bonds is 20. The summed E-state index contributed by atoms with van der Waals surface area (Å²) in [5.41, 5.74) is 2.38. The molecule has 348 valence electrons. The van der Waals surface area contributed by atoms with Crippen molar-refractivity contribution in [3.8, 4) is 17.0 Å². The van der Waals surface area contributed by atoms with Crippen LogP contribution >= 0.6 is 0 Å². The Morgan fingerprint density at radius 1 is 0.985 bits per heavy atom. The van der Waals surface area contributed by atoms with Crippen molar-refractivity contribution < 1.29 is 37.5 Å². The molecule has 0 aliphatic carbocycles. The van der Waals surface area contributed by atoms with E-state index in [1.54, 1.807) is 18.2 Å². The number of amides is 2. The molecule has 4 aromatic rings. The molecule has 1 saturated heterocycles. The van der Waals surface area contributed by atoms with Crippen LogP contribution < -0.4 is 30.9 Å². The van der Waals surface area contributed by atoms with Crippen molar-refractivity contribution >= 4 is 53.8 Å². The largest absolute Gasteiger partial charge is 0.486 e. The highest BCUT2D eigenvalue weighted by Crippen LogP contribution is 2.39. The van der Waals surface area contributed by atoms with Crippen molar-refractivity contribution in [1.29, 1.82) is 0 Å². The van der Waals surface area contributed by atoms with Gasteiger partial charge in [-0.05, 0) is 115 Å². The fourth-order valence-corrected chi connectivity index (χ4v) is 7.83. The first kappa shape index (κ1) is 49.6. The van der Waals surface area contributed by atoms with Gasteiger partial charge in [-0.25, -0.2) is 23.7 Å². The predicted octanol–water partition coefficient (Wildman–Crippen LogP) is 5.62. The summed E-state index contributed by atoms with van der Waals surface area (Å²) in [5.74, 6) is -0.973. The molecule has 1 fully saturated rings. The smallest absolute Gasteiger partial charge is 0.257 e. The number of likely N-dealkylation sites (N-methyl/N-ethyl adjacent to an activating group) is 1. The van der Waals surface area contributed by atoms with E-state index in [-0.39, 0.29) is 71.1 Å². The Hall–Kier alpha value is -6.40. The molecule has 2 aromatic heterocycles. The van der Waals surface area contributed by atoms with Gasteiger partial charge in [0.1, 0.15) is 30.7 Å². The number of hydrogen-bond acceptors (Lipinski definition) is 14.